The predicted molar refractivity (Wildman–Crippen MR) is 194 cm³/mol. The van der Waals surface area contributed by atoms with Crippen molar-refractivity contribution >= 4 is 29.5 Å². The van der Waals surface area contributed by atoms with E-state index in [-0.39, 0.29) is 36.7 Å². The molecule has 4 aromatic carbocycles. The van der Waals surface area contributed by atoms with Gasteiger partial charge in [-0.15, -0.1) is 11.8 Å². The smallest absolute Gasteiger partial charge is 0.336 e. The van der Waals surface area contributed by atoms with Gasteiger partial charge in [0.05, 0.1) is 24.4 Å². The van der Waals surface area contributed by atoms with Gasteiger partial charge in [-0.2, -0.15) is 0 Å². The number of aromatic carboxylic acids is 1. The molecule has 2 amide bonds. The van der Waals surface area contributed by atoms with Gasteiger partial charge in [-0.1, -0.05) is 97.8 Å². The number of ether oxygens (including phenoxy) is 2. The number of aliphatic hydroxyl groups is 1. The summed E-state index contributed by atoms with van der Waals surface area (Å²) in [5.41, 5.74) is 7.51. The van der Waals surface area contributed by atoms with Crippen LogP contribution in [0, 0.1) is 0 Å². The summed E-state index contributed by atoms with van der Waals surface area (Å²) < 4.78 is 13.0. The molecule has 5 rings (SSSR count). The van der Waals surface area contributed by atoms with Gasteiger partial charge in [0, 0.05) is 42.0 Å². The van der Waals surface area contributed by atoms with E-state index in [1.54, 1.807) is 17.6 Å². The number of unbranched alkanes of at least 4 members (excludes halogenated alkanes) is 3. The topological polar surface area (TPSA) is 154 Å². The van der Waals surface area contributed by atoms with E-state index in [1.807, 2.05) is 84.9 Å². The number of rotatable bonds is 17. The van der Waals surface area contributed by atoms with Crippen molar-refractivity contribution < 1.29 is 39.3 Å². The molecule has 1 heterocycles. The first-order valence-electron chi connectivity index (χ1n) is 17.2. The van der Waals surface area contributed by atoms with E-state index >= 15 is 0 Å². The number of carboxylic acid groups (broad SMARTS) is 1. The first-order chi connectivity index (χ1) is 24.8. The lowest BCUT2D eigenvalue weighted by molar-refractivity contribution is -0.245. The van der Waals surface area contributed by atoms with Gasteiger partial charge in [-0.25, -0.2) is 10.3 Å². The lowest BCUT2D eigenvalue weighted by Crippen LogP contribution is -2.31. The molecule has 1 aliphatic rings. The summed E-state index contributed by atoms with van der Waals surface area (Å²) in [7, 11) is 0. The van der Waals surface area contributed by atoms with E-state index in [1.165, 1.54) is 11.8 Å². The van der Waals surface area contributed by atoms with Gasteiger partial charge in [0.25, 0.3) is 0 Å². The highest BCUT2D eigenvalue weighted by Gasteiger charge is 2.32. The highest BCUT2D eigenvalue weighted by atomic mass is 32.2. The second kappa shape index (κ2) is 19.2. The van der Waals surface area contributed by atoms with Crippen molar-refractivity contribution in [2.75, 3.05) is 5.75 Å². The molecule has 1 fully saturated rings. The van der Waals surface area contributed by atoms with Crippen LogP contribution in [-0.4, -0.2) is 45.1 Å². The number of hydrogen-bond donors (Lipinski definition) is 5. The third-order valence-corrected chi connectivity index (χ3v) is 10.0. The third-order valence-electron chi connectivity index (χ3n) is 8.83. The number of thioether (sulfide) groups is 1. The van der Waals surface area contributed by atoms with Crippen LogP contribution in [0.3, 0.4) is 0 Å². The molecular formula is C40H44N2O8S. The Balaban J connectivity index is 1.24. The quantitative estimate of drug-likeness (QED) is 0.0327. The van der Waals surface area contributed by atoms with Crippen LogP contribution in [-0.2, 0) is 32.2 Å². The largest absolute Gasteiger partial charge is 0.478 e. The molecule has 0 spiro atoms. The molecule has 10 nitrogen and oxygen atoms in total. The van der Waals surface area contributed by atoms with Crippen LogP contribution in [0.1, 0.15) is 90.0 Å². The van der Waals surface area contributed by atoms with Crippen molar-refractivity contribution in [3.63, 3.8) is 0 Å². The molecule has 1 aliphatic heterocycles. The summed E-state index contributed by atoms with van der Waals surface area (Å²) in [6, 6.07) is 30.6. The summed E-state index contributed by atoms with van der Waals surface area (Å²) in [5, 5.41) is 30.8. The minimum absolute atomic E-state index is 0.0282. The standard InChI is InChI=1S/C40H44N2O8S/c43-25-27-15-17-29(18-16-27)35-23-32(26-51-36-12-8-7-11-34(36)39(46)47)49-40(50-35)30-21-19-28(20-22-30)33-10-6-5-9-31(33)24-41-37(44)13-3-1-2-4-14-38(45)42-48/h5-12,15-22,32,35,40,43,48H,1-4,13-14,23-26H2,(H,41,44)(H,42,45)(H,46,47). The van der Waals surface area contributed by atoms with Crippen molar-refractivity contribution in [3.05, 3.63) is 125 Å². The number of hydrogen-bond acceptors (Lipinski definition) is 8. The monoisotopic (exact) mass is 712 g/mol. The lowest BCUT2D eigenvalue weighted by atomic mass is 9.97. The van der Waals surface area contributed by atoms with Crippen LogP contribution >= 0.6 is 11.8 Å². The number of amides is 2. The Bertz CT molecular complexity index is 1750. The SMILES string of the molecule is O=C(CCCCCCC(=O)NCc1ccccc1-c1ccc(C2OC(CSc3ccccc3C(=O)O)CC(c3ccc(CO)cc3)O2)cc1)NO. The van der Waals surface area contributed by atoms with Crippen LogP contribution in [0.5, 0.6) is 0 Å². The zero-order valence-corrected chi connectivity index (χ0v) is 29.1. The van der Waals surface area contributed by atoms with E-state index in [4.69, 9.17) is 14.7 Å². The summed E-state index contributed by atoms with van der Waals surface area (Å²) >= 11 is 1.45. The summed E-state index contributed by atoms with van der Waals surface area (Å²) in [6.45, 7) is 0.349. The Kier molecular flexibility index (Phi) is 14.2. The van der Waals surface area contributed by atoms with Gasteiger partial charge in [0.2, 0.25) is 11.8 Å². The van der Waals surface area contributed by atoms with Gasteiger partial charge in [0.15, 0.2) is 6.29 Å². The zero-order chi connectivity index (χ0) is 36.0. The van der Waals surface area contributed by atoms with Crippen LogP contribution in [0.15, 0.2) is 102 Å². The Morgan fingerprint density at radius 1 is 0.765 bits per heavy atom. The first kappa shape index (κ1) is 37.7. The number of carbonyl (C=O) groups excluding carboxylic acids is 2. The molecule has 1 saturated heterocycles. The minimum atomic E-state index is -0.967. The van der Waals surface area contributed by atoms with E-state index in [2.05, 4.69) is 5.32 Å². The molecule has 268 valence electrons. The molecular weight excluding hydrogens is 669 g/mol. The summed E-state index contributed by atoms with van der Waals surface area (Å²) in [4.78, 5) is 36.1. The Morgan fingerprint density at radius 2 is 1.43 bits per heavy atom. The number of carboxylic acids is 1. The summed E-state index contributed by atoms with van der Waals surface area (Å²) in [5.74, 6) is -0.853. The molecule has 0 aliphatic carbocycles. The second-order valence-corrected chi connectivity index (χ2v) is 13.5. The molecule has 0 bridgehead atoms. The van der Waals surface area contributed by atoms with Crippen LogP contribution in [0.25, 0.3) is 11.1 Å². The maximum Gasteiger partial charge on any atom is 0.336 e. The molecule has 0 radical (unpaired) electrons. The number of carbonyl (C=O) groups is 3. The highest BCUT2D eigenvalue weighted by molar-refractivity contribution is 7.99. The maximum absolute atomic E-state index is 12.6. The Labute approximate surface area is 302 Å². The highest BCUT2D eigenvalue weighted by Crippen LogP contribution is 2.40. The number of aliphatic hydroxyl groups excluding tert-OH is 1. The van der Waals surface area contributed by atoms with Crippen LogP contribution in [0.2, 0.25) is 0 Å². The van der Waals surface area contributed by atoms with E-state index in [0.29, 0.717) is 36.5 Å². The molecule has 3 unspecified atom stereocenters. The molecule has 3 atom stereocenters. The molecule has 5 N–H and O–H groups in total. The average molecular weight is 713 g/mol. The minimum Gasteiger partial charge on any atom is -0.478 e. The number of benzene rings is 4. The van der Waals surface area contributed by atoms with Crippen molar-refractivity contribution in [3.8, 4) is 11.1 Å². The van der Waals surface area contributed by atoms with Gasteiger partial charge >= 0.3 is 5.97 Å². The summed E-state index contributed by atoms with van der Waals surface area (Å²) in [6.07, 6.45) is 3.15. The van der Waals surface area contributed by atoms with Crippen molar-refractivity contribution in [1.82, 2.24) is 10.8 Å². The zero-order valence-electron chi connectivity index (χ0n) is 28.3. The molecule has 4 aromatic rings. The Morgan fingerprint density at radius 3 is 2.14 bits per heavy atom. The van der Waals surface area contributed by atoms with Crippen LogP contribution in [0.4, 0.5) is 0 Å². The Hall–Kier alpha value is -4.52. The fourth-order valence-electron chi connectivity index (χ4n) is 6.01. The number of hydroxylamine groups is 1. The van der Waals surface area contributed by atoms with E-state index in [9.17, 15) is 24.6 Å². The van der Waals surface area contributed by atoms with Gasteiger partial charge in [-0.05, 0) is 52.8 Å². The van der Waals surface area contributed by atoms with Gasteiger partial charge in [-0.3, -0.25) is 14.8 Å². The molecule has 0 saturated carbocycles. The van der Waals surface area contributed by atoms with Crippen molar-refractivity contribution in [2.24, 2.45) is 0 Å². The number of nitrogens with one attached hydrogen (secondary N) is 2. The fourth-order valence-corrected chi connectivity index (χ4v) is 7.08. The van der Waals surface area contributed by atoms with E-state index < -0.39 is 18.2 Å². The van der Waals surface area contributed by atoms with E-state index in [0.717, 1.165) is 52.6 Å². The third kappa shape index (κ3) is 11.0. The van der Waals surface area contributed by atoms with Crippen molar-refractivity contribution in [2.45, 2.75) is 81.5 Å². The molecule has 51 heavy (non-hydrogen) atoms. The van der Waals surface area contributed by atoms with Gasteiger partial charge < -0.3 is 25.0 Å². The lowest BCUT2D eigenvalue weighted by Gasteiger charge is -2.36. The molecule has 11 heteroatoms. The van der Waals surface area contributed by atoms with Crippen LogP contribution < -0.4 is 10.8 Å². The van der Waals surface area contributed by atoms with Gasteiger partial charge in [0.1, 0.15) is 0 Å². The average Bonchev–Trinajstić information content (AvgIpc) is 3.17. The first-order valence-corrected chi connectivity index (χ1v) is 18.2. The van der Waals surface area contributed by atoms with Crippen molar-refractivity contribution in [1.29, 1.82) is 0 Å². The normalized spacial score (nSPS) is 17.1. The second-order valence-electron chi connectivity index (χ2n) is 12.5. The fraction of sp³-hybridized carbons (Fsp3) is 0.325. The maximum atomic E-state index is 12.6. The predicted octanol–water partition coefficient (Wildman–Crippen LogP) is 7.34. The molecule has 0 aromatic heterocycles.